The molecule has 2 aromatic carbocycles. The van der Waals surface area contributed by atoms with Gasteiger partial charge in [-0.2, -0.15) is 0 Å². The summed E-state index contributed by atoms with van der Waals surface area (Å²) >= 11 is 0. The molecule has 0 unspecified atom stereocenters. The molecule has 8 nitrogen and oxygen atoms in total. The van der Waals surface area contributed by atoms with E-state index in [0.717, 1.165) is 23.0 Å². The summed E-state index contributed by atoms with van der Waals surface area (Å²) in [6.45, 7) is 0.413. The van der Waals surface area contributed by atoms with Crippen molar-refractivity contribution < 1.29 is 61.8 Å². The van der Waals surface area contributed by atoms with E-state index in [4.69, 9.17) is 19.3 Å². The van der Waals surface area contributed by atoms with Gasteiger partial charge in [0.1, 0.15) is 18.1 Å². The monoisotopic (exact) mass is 462 g/mol. The fourth-order valence-electron chi connectivity index (χ4n) is 2.77. The second-order valence-electron chi connectivity index (χ2n) is 6.56. The Kier molecular flexibility index (Phi) is 9.77. The summed E-state index contributed by atoms with van der Waals surface area (Å²) in [5.41, 5.74) is 1.62. The van der Waals surface area contributed by atoms with Crippen LogP contribution in [0.3, 0.4) is 0 Å². The minimum Gasteiger partial charge on any atom is -0.497 e. The molecule has 1 heterocycles. The Hall–Kier alpha value is -2.81. The number of carbonyl (C=O) groups is 1. The molecular formula is C23H22ArN2O6. The molecule has 0 saturated carbocycles. The molecule has 0 aliphatic carbocycles. The summed E-state index contributed by atoms with van der Waals surface area (Å²) in [6.07, 6.45) is 2.22. The fraction of sp³-hybridized carbons (Fsp3) is 0.174. The van der Waals surface area contributed by atoms with Gasteiger partial charge >= 0.3 is 5.97 Å². The van der Waals surface area contributed by atoms with Crippen LogP contribution >= 0.6 is 0 Å². The SMILES string of the molecule is COc1ccc(COc2nn(Cc3ccc(OC)cc3)c(=O)cc2/C=C/C(=O)O)cc1.[Ar]. The molecule has 0 fully saturated rings. The normalized spacial score (nSPS) is 10.4. The van der Waals surface area contributed by atoms with Crippen molar-refractivity contribution in [3.05, 3.63) is 87.7 Å². The predicted octanol–water partition coefficient (Wildman–Crippen LogP) is 2.99. The van der Waals surface area contributed by atoms with Crippen LogP contribution in [0.15, 0.2) is 65.5 Å². The Bertz CT molecular complexity index is 1120. The van der Waals surface area contributed by atoms with Crippen molar-refractivity contribution in [3.8, 4) is 17.4 Å². The molecule has 3 rings (SSSR count). The molecular weight excluding hydrogens is 440 g/mol. The summed E-state index contributed by atoms with van der Waals surface area (Å²) in [6, 6.07) is 15.9. The van der Waals surface area contributed by atoms with E-state index < -0.39 is 5.97 Å². The second kappa shape index (κ2) is 12.3. The third-order valence-corrected chi connectivity index (χ3v) is 4.42. The number of methoxy groups -OCH3 is 2. The molecule has 32 heavy (non-hydrogen) atoms. The third kappa shape index (κ3) is 7.12. The van der Waals surface area contributed by atoms with E-state index >= 15 is 0 Å². The first kappa shape index (κ1) is 25.5. The first-order chi connectivity index (χ1) is 15.0. The minimum absolute atomic E-state index is 0. The summed E-state index contributed by atoms with van der Waals surface area (Å²) in [7, 11) is 3.17. The number of hydrogen-bond donors (Lipinski definition) is 1. The van der Waals surface area contributed by atoms with Gasteiger partial charge in [0, 0.05) is 55.4 Å². The van der Waals surface area contributed by atoms with Crippen molar-refractivity contribution in [2.45, 2.75) is 13.2 Å². The van der Waals surface area contributed by atoms with Crippen LogP contribution in [0.5, 0.6) is 17.4 Å². The maximum absolute atomic E-state index is 12.5. The van der Waals surface area contributed by atoms with Crippen molar-refractivity contribution in [3.63, 3.8) is 0 Å². The van der Waals surface area contributed by atoms with Crippen LogP contribution in [0.2, 0.25) is 0 Å². The summed E-state index contributed by atoms with van der Waals surface area (Å²) in [4.78, 5) is 23.4. The first-order valence-electron chi connectivity index (χ1n) is 9.40. The van der Waals surface area contributed by atoms with Gasteiger partial charge in [-0.3, -0.25) is 4.79 Å². The molecule has 3 aromatic rings. The minimum atomic E-state index is -1.14. The van der Waals surface area contributed by atoms with Gasteiger partial charge < -0.3 is 19.3 Å². The van der Waals surface area contributed by atoms with Crippen molar-refractivity contribution in [1.29, 1.82) is 0 Å². The number of carboxylic acid groups (broad SMARTS) is 1. The van der Waals surface area contributed by atoms with Crippen molar-refractivity contribution in [2.75, 3.05) is 14.2 Å². The second-order valence-corrected chi connectivity index (χ2v) is 6.56. The van der Waals surface area contributed by atoms with Gasteiger partial charge in [-0.15, -0.1) is 5.10 Å². The van der Waals surface area contributed by atoms with E-state index in [2.05, 4.69) is 5.10 Å². The van der Waals surface area contributed by atoms with Crippen LogP contribution in [-0.2, 0) is 17.9 Å². The van der Waals surface area contributed by atoms with Gasteiger partial charge in [-0.1, -0.05) is 24.3 Å². The van der Waals surface area contributed by atoms with Crippen LogP contribution in [0, 0.1) is 37.7 Å². The Labute approximate surface area is 215 Å². The summed E-state index contributed by atoms with van der Waals surface area (Å²) in [5.74, 6) is 0.451. The summed E-state index contributed by atoms with van der Waals surface area (Å²) < 4.78 is 17.4. The molecule has 0 saturated heterocycles. The van der Waals surface area contributed by atoms with E-state index in [1.54, 1.807) is 26.4 Å². The van der Waals surface area contributed by atoms with Crippen LogP contribution in [0.1, 0.15) is 16.7 Å². The number of aliphatic carboxylic acids is 1. The van der Waals surface area contributed by atoms with E-state index in [0.29, 0.717) is 5.75 Å². The number of carboxylic acids is 1. The van der Waals surface area contributed by atoms with Crippen molar-refractivity contribution >= 4 is 12.0 Å². The zero-order valence-electron chi connectivity index (χ0n) is 17.5. The van der Waals surface area contributed by atoms with Gasteiger partial charge in [-0.25, -0.2) is 9.48 Å². The van der Waals surface area contributed by atoms with Gasteiger partial charge in [0.05, 0.1) is 20.8 Å². The number of aromatic nitrogens is 2. The predicted molar refractivity (Wildman–Crippen MR) is 115 cm³/mol. The maximum atomic E-state index is 12.5. The number of ether oxygens (including phenoxy) is 3. The first-order valence-corrected chi connectivity index (χ1v) is 9.40. The largest absolute Gasteiger partial charge is 0.497 e. The van der Waals surface area contributed by atoms with E-state index in [1.807, 2.05) is 36.4 Å². The van der Waals surface area contributed by atoms with Gasteiger partial charge in [-0.05, 0) is 41.5 Å². The quantitative estimate of drug-likeness (QED) is 0.488. The maximum Gasteiger partial charge on any atom is 0.328 e. The average molecular weight is 462 g/mol. The average Bonchev–Trinajstić information content (AvgIpc) is 2.79. The number of rotatable bonds is 9. The zero-order valence-corrected chi connectivity index (χ0v) is 18.2. The Morgan fingerprint density at radius 3 is 2.09 bits per heavy atom. The van der Waals surface area contributed by atoms with Crippen LogP contribution in [-0.4, -0.2) is 35.1 Å². The number of benzene rings is 2. The smallest absolute Gasteiger partial charge is 0.328 e. The van der Waals surface area contributed by atoms with Crippen LogP contribution < -0.4 is 19.8 Å². The van der Waals surface area contributed by atoms with Crippen molar-refractivity contribution in [1.82, 2.24) is 9.78 Å². The van der Waals surface area contributed by atoms with Gasteiger partial charge in [0.25, 0.3) is 5.56 Å². The molecule has 1 N–H and O–H groups in total. The zero-order chi connectivity index (χ0) is 22.2. The fourth-order valence-corrected chi connectivity index (χ4v) is 2.77. The Balaban J connectivity index is 0.00000363. The standard InChI is InChI=1S/C23H22N2O6.Ar/c1-29-19-8-3-16(4-9-19)14-25-21(26)13-18(7-12-22(27)28)23(24-25)31-15-17-5-10-20(30-2)11-6-17;/h3-13H,14-15H2,1-2H3,(H,27,28);/b12-7+;. The topological polar surface area (TPSA) is 99.9 Å². The molecule has 0 amide bonds. The van der Waals surface area contributed by atoms with E-state index in [9.17, 15) is 9.59 Å². The molecule has 1 aromatic heterocycles. The van der Waals surface area contributed by atoms with E-state index in [-0.39, 0.29) is 67.9 Å². The molecule has 0 spiro atoms. The molecule has 0 aliphatic heterocycles. The van der Waals surface area contributed by atoms with Gasteiger partial charge in [0.15, 0.2) is 0 Å². The summed E-state index contributed by atoms with van der Waals surface area (Å²) in [5, 5.41) is 13.2. The van der Waals surface area contributed by atoms with Crippen LogP contribution in [0.25, 0.3) is 6.08 Å². The van der Waals surface area contributed by atoms with Crippen LogP contribution in [0.4, 0.5) is 0 Å². The molecule has 168 valence electrons. The van der Waals surface area contributed by atoms with Crippen molar-refractivity contribution in [2.24, 2.45) is 0 Å². The van der Waals surface area contributed by atoms with Gasteiger partial charge in [0.2, 0.25) is 5.88 Å². The molecule has 0 bridgehead atoms. The van der Waals surface area contributed by atoms with E-state index in [1.165, 1.54) is 16.8 Å². The Morgan fingerprint density at radius 2 is 1.56 bits per heavy atom. The third-order valence-electron chi connectivity index (χ3n) is 4.42. The number of nitrogens with zero attached hydrogens (tertiary/aromatic N) is 2. The molecule has 9 heteroatoms. The number of hydrogen-bond acceptors (Lipinski definition) is 6. The Morgan fingerprint density at radius 1 is 1.00 bits per heavy atom. The molecule has 0 aliphatic rings. The molecule has 0 atom stereocenters. The molecule has 0 radical (unpaired) electrons.